The Labute approximate surface area is 286 Å². The maximum absolute atomic E-state index is 14.1. The largest absolute Gasteiger partial charge is 0.467 e. The molecule has 16 heteroatoms. The van der Waals surface area contributed by atoms with Gasteiger partial charge in [-0.3, -0.25) is 14.4 Å². The molecule has 1 amide bonds. The topological polar surface area (TPSA) is 115 Å². The Morgan fingerprint density at radius 1 is 1.13 bits per heavy atom. The van der Waals surface area contributed by atoms with Crippen LogP contribution in [0.2, 0.25) is 15.1 Å². The van der Waals surface area contributed by atoms with Crippen molar-refractivity contribution >= 4 is 52.2 Å². The molecule has 0 spiro atoms. The van der Waals surface area contributed by atoms with E-state index >= 15 is 0 Å². The standard InChI is InChI=1S/C24H25Cl3FN7O3.C7H12FN/c1-33(2)23(36)21-18(26)15-9-34(5-4-6-35(15)32-21)22-12-10-38-16(8-14(12)30-24(31-22)37-3)11-7-13(29)20(28)19(27)17(11)25;8-6-4-7-2-1-3-9(7)5-6/h7,16H,4-6,8-10,29H2,1-3H3;6-7H,1-5H2. The van der Waals surface area contributed by atoms with Gasteiger partial charge < -0.3 is 25.0 Å². The minimum atomic E-state index is -0.766. The van der Waals surface area contributed by atoms with Crippen molar-refractivity contribution in [1.82, 2.24) is 29.5 Å². The van der Waals surface area contributed by atoms with Crippen molar-refractivity contribution in [2.75, 3.05) is 51.5 Å². The number of alkyl halides is 1. The van der Waals surface area contributed by atoms with E-state index in [1.54, 1.807) is 18.8 Å². The van der Waals surface area contributed by atoms with Gasteiger partial charge in [-0.1, -0.05) is 34.8 Å². The van der Waals surface area contributed by atoms with Crippen molar-refractivity contribution in [3.8, 4) is 6.01 Å². The first-order valence-electron chi connectivity index (χ1n) is 15.5. The molecule has 47 heavy (non-hydrogen) atoms. The fourth-order valence-electron chi connectivity index (χ4n) is 6.70. The Bertz CT molecular complexity index is 1660. The molecule has 254 valence electrons. The number of aromatic nitrogens is 4. The average molecular weight is 714 g/mol. The molecule has 0 saturated carbocycles. The molecule has 7 rings (SSSR count). The highest BCUT2D eigenvalue weighted by molar-refractivity contribution is 6.42. The third-order valence-corrected chi connectivity index (χ3v) is 10.3. The molecule has 0 bridgehead atoms. The first kappa shape index (κ1) is 33.9. The molecular weight excluding hydrogens is 677 g/mol. The maximum Gasteiger partial charge on any atom is 0.318 e. The van der Waals surface area contributed by atoms with Crippen molar-refractivity contribution in [3.05, 3.63) is 55.2 Å². The number of carbonyl (C=O) groups excluding carboxylic acids is 1. The van der Waals surface area contributed by atoms with Gasteiger partial charge in [0.25, 0.3) is 5.91 Å². The van der Waals surface area contributed by atoms with Crippen LogP contribution in [0.15, 0.2) is 6.07 Å². The lowest BCUT2D eigenvalue weighted by atomic mass is 9.98. The molecule has 2 aromatic heterocycles. The van der Waals surface area contributed by atoms with Gasteiger partial charge in [0.15, 0.2) is 11.5 Å². The molecule has 0 radical (unpaired) electrons. The summed E-state index contributed by atoms with van der Waals surface area (Å²) in [4.78, 5) is 27.6. The van der Waals surface area contributed by atoms with Crippen LogP contribution in [0.4, 0.5) is 20.3 Å². The lowest BCUT2D eigenvalue weighted by molar-refractivity contribution is 0.0258. The second-order valence-corrected chi connectivity index (χ2v) is 13.5. The summed E-state index contributed by atoms with van der Waals surface area (Å²) in [7, 11) is 4.81. The van der Waals surface area contributed by atoms with Crippen molar-refractivity contribution in [1.29, 1.82) is 0 Å². The van der Waals surface area contributed by atoms with Crippen molar-refractivity contribution < 1.29 is 23.0 Å². The zero-order chi connectivity index (χ0) is 33.6. The molecule has 4 aliphatic rings. The van der Waals surface area contributed by atoms with Crippen LogP contribution >= 0.6 is 34.8 Å². The van der Waals surface area contributed by atoms with Gasteiger partial charge in [0.1, 0.15) is 12.0 Å². The Hall–Kier alpha value is -2.97. The summed E-state index contributed by atoms with van der Waals surface area (Å²) < 4.78 is 40.1. The van der Waals surface area contributed by atoms with E-state index in [1.807, 2.05) is 0 Å². The number of amides is 1. The number of rotatable bonds is 4. The van der Waals surface area contributed by atoms with E-state index in [2.05, 4.69) is 24.9 Å². The number of hydrogen-bond acceptors (Lipinski definition) is 9. The lowest BCUT2D eigenvalue weighted by Gasteiger charge is -2.31. The van der Waals surface area contributed by atoms with Crippen molar-refractivity contribution in [3.63, 3.8) is 0 Å². The summed E-state index contributed by atoms with van der Waals surface area (Å²) in [6.45, 7) is 3.65. The number of ether oxygens (including phenoxy) is 2. The second-order valence-electron chi connectivity index (χ2n) is 12.4. The number of aryl methyl sites for hydroxylation is 1. The molecular formula is C31H37Cl3F2N8O3. The molecule has 3 aromatic rings. The monoisotopic (exact) mass is 712 g/mol. The van der Waals surface area contributed by atoms with Crippen LogP contribution in [0.3, 0.4) is 0 Å². The van der Waals surface area contributed by atoms with Gasteiger partial charge in [-0.2, -0.15) is 15.1 Å². The van der Waals surface area contributed by atoms with E-state index < -0.39 is 18.1 Å². The zero-order valence-corrected chi connectivity index (χ0v) is 28.7. The summed E-state index contributed by atoms with van der Waals surface area (Å²) in [5.74, 6) is -0.389. The molecule has 3 unspecified atom stereocenters. The Balaban J connectivity index is 0.000000366. The fraction of sp³-hybridized carbons (Fsp3) is 0.548. The summed E-state index contributed by atoms with van der Waals surface area (Å²) in [5, 5.41) is 4.60. The van der Waals surface area contributed by atoms with Gasteiger partial charge in [0, 0.05) is 57.3 Å². The predicted octanol–water partition coefficient (Wildman–Crippen LogP) is 5.48. The van der Waals surface area contributed by atoms with Crippen LogP contribution in [0.1, 0.15) is 64.8 Å². The van der Waals surface area contributed by atoms with E-state index in [0.717, 1.165) is 30.6 Å². The Morgan fingerprint density at radius 2 is 1.91 bits per heavy atom. The Kier molecular flexibility index (Phi) is 10.0. The molecule has 0 aliphatic carbocycles. The SMILES string of the molecule is COc1nc2c(c(N3CCCn4nc(C(=O)N(C)C)c(Cl)c4C3)n1)COC(c1cc(N)c(F)c(Cl)c1Cl)C2.FC1CC2CCCN2C1. The van der Waals surface area contributed by atoms with Gasteiger partial charge in [0.05, 0.1) is 58.5 Å². The average Bonchev–Trinajstić information content (AvgIpc) is 3.68. The van der Waals surface area contributed by atoms with Gasteiger partial charge in [-0.05, 0) is 38.3 Å². The van der Waals surface area contributed by atoms with Gasteiger partial charge in [-0.25, -0.2) is 8.78 Å². The third kappa shape index (κ3) is 6.69. The molecule has 3 atom stereocenters. The van der Waals surface area contributed by atoms with Gasteiger partial charge in [0.2, 0.25) is 0 Å². The summed E-state index contributed by atoms with van der Waals surface area (Å²) in [6.07, 6.45) is 3.32. The molecule has 1 aromatic carbocycles. The summed E-state index contributed by atoms with van der Waals surface area (Å²) in [6, 6.07) is 2.23. The second kappa shape index (κ2) is 13.9. The molecule has 4 aliphatic heterocycles. The molecule has 2 fully saturated rings. The minimum absolute atomic E-state index is 0.0477. The van der Waals surface area contributed by atoms with Crippen molar-refractivity contribution in [2.45, 2.75) is 70.1 Å². The van der Waals surface area contributed by atoms with Crippen LogP contribution in [-0.4, -0.2) is 88.5 Å². The number of benzene rings is 1. The number of nitrogens with zero attached hydrogens (tertiary/aromatic N) is 7. The first-order chi connectivity index (χ1) is 22.5. The lowest BCUT2D eigenvalue weighted by Crippen LogP contribution is -2.28. The molecule has 2 saturated heterocycles. The summed E-state index contributed by atoms with van der Waals surface area (Å²) >= 11 is 19.0. The van der Waals surface area contributed by atoms with Crippen LogP contribution in [0.25, 0.3) is 0 Å². The van der Waals surface area contributed by atoms with E-state index in [4.69, 9.17) is 50.0 Å². The zero-order valence-electron chi connectivity index (χ0n) is 26.4. The maximum atomic E-state index is 14.1. The van der Waals surface area contributed by atoms with E-state index in [9.17, 15) is 13.6 Å². The van der Waals surface area contributed by atoms with Crippen LogP contribution in [0.5, 0.6) is 6.01 Å². The number of fused-ring (bicyclic) bond motifs is 3. The predicted molar refractivity (Wildman–Crippen MR) is 176 cm³/mol. The van der Waals surface area contributed by atoms with Crippen molar-refractivity contribution in [2.24, 2.45) is 0 Å². The van der Waals surface area contributed by atoms with Gasteiger partial charge in [-0.15, -0.1) is 0 Å². The third-order valence-electron chi connectivity index (χ3n) is 9.09. The number of methoxy groups -OCH3 is 1. The first-order valence-corrected chi connectivity index (χ1v) is 16.7. The minimum Gasteiger partial charge on any atom is -0.467 e. The molecule has 2 N–H and O–H groups in total. The number of anilines is 2. The summed E-state index contributed by atoms with van der Waals surface area (Å²) in [5.41, 5.74) is 8.58. The highest BCUT2D eigenvalue weighted by atomic mass is 35.5. The molecule has 11 nitrogen and oxygen atoms in total. The number of hydrogen-bond donors (Lipinski definition) is 1. The molecule has 6 heterocycles. The van der Waals surface area contributed by atoms with Crippen LogP contribution in [-0.2, 0) is 30.9 Å². The normalized spacial score (nSPS) is 22.1. The van der Waals surface area contributed by atoms with Crippen LogP contribution < -0.4 is 15.4 Å². The van der Waals surface area contributed by atoms with E-state index in [0.29, 0.717) is 60.7 Å². The smallest absolute Gasteiger partial charge is 0.318 e. The fourth-order valence-corrected chi connectivity index (χ4v) is 7.45. The number of nitrogen functional groups attached to an aromatic ring is 1. The van der Waals surface area contributed by atoms with Crippen LogP contribution in [0, 0.1) is 5.82 Å². The number of nitrogens with two attached hydrogens (primary N) is 1. The van der Waals surface area contributed by atoms with E-state index in [1.165, 1.54) is 30.9 Å². The number of carbonyl (C=O) groups is 1. The number of halogens is 5. The Morgan fingerprint density at radius 3 is 2.64 bits per heavy atom. The van der Waals surface area contributed by atoms with E-state index in [-0.39, 0.29) is 40.0 Å². The highest BCUT2D eigenvalue weighted by Gasteiger charge is 2.35. The van der Waals surface area contributed by atoms with Gasteiger partial charge >= 0.3 is 6.01 Å². The highest BCUT2D eigenvalue weighted by Crippen LogP contribution is 2.42. The quantitative estimate of drug-likeness (QED) is 0.277.